The third-order valence-corrected chi connectivity index (χ3v) is 11.3. The lowest BCUT2D eigenvalue weighted by molar-refractivity contribution is 0.673. The van der Waals surface area contributed by atoms with E-state index in [0.717, 1.165) is 113 Å². The zero-order valence-corrected chi connectivity index (χ0v) is 29.8. The van der Waals surface area contributed by atoms with Crippen molar-refractivity contribution in [2.45, 2.75) is 12.8 Å². The van der Waals surface area contributed by atoms with E-state index in [0.29, 0.717) is 0 Å². The fourth-order valence-electron chi connectivity index (χ4n) is 9.02. The van der Waals surface area contributed by atoms with Crippen LogP contribution in [0.4, 0.5) is 0 Å². The standard InChI is InChI=1S/C50H32N4O/c1-3-16-31(17-4-1)46-35-22-7-11-26-39(35)51-50(52-46)32-18-15-21-34(30-32)54-41-28-13-9-24-37(41)44-47(54)43-36-23-8-12-27-40(36)53(33-19-5-2-6-20-33)48(43)45-38-25-10-14-29-42(38)55-49(44)45/h1-10,12-25,27-30H,11,26H2. The maximum Gasteiger partial charge on any atom is 0.160 e. The van der Waals surface area contributed by atoms with Crippen LogP contribution >= 0.6 is 0 Å². The van der Waals surface area contributed by atoms with Gasteiger partial charge >= 0.3 is 0 Å². The molecule has 1 aliphatic rings. The third kappa shape index (κ3) is 4.35. The molecule has 258 valence electrons. The number of nitrogens with zero attached hydrogens (tertiary/aromatic N) is 4. The lowest BCUT2D eigenvalue weighted by atomic mass is 9.97. The summed E-state index contributed by atoms with van der Waals surface area (Å²) in [4.78, 5) is 10.5. The topological polar surface area (TPSA) is 48.8 Å². The predicted molar refractivity (Wildman–Crippen MR) is 226 cm³/mol. The van der Waals surface area contributed by atoms with Crippen LogP contribution in [0.2, 0.25) is 0 Å². The van der Waals surface area contributed by atoms with Crippen LogP contribution < -0.4 is 0 Å². The molecule has 7 aromatic carbocycles. The lowest BCUT2D eigenvalue weighted by Gasteiger charge is -2.16. The van der Waals surface area contributed by atoms with Gasteiger partial charge in [0.15, 0.2) is 5.82 Å². The Hall–Kier alpha value is -7.24. The van der Waals surface area contributed by atoms with E-state index in [1.165, 1.54) is 10.8 Å². The SMILES string of the molecule is C1=Cc2c(nc(-c3cccc(-n4c5ccccc5c5c6oc7ccccc7c6c6c(c7ccccc7n6-c6ccccc6)c54)c3)nc2-c2ccccc2)CC1. The van der Waals surface area contributed by atoms with Crippen LogP contribution in [-0.2, 0) is 6.42 Å². The van der Waals surface area contributed by atoms with Gasteiger partial charge in [0.05, 0.1) is 44.2 Å². The van der Waals surface area contributed by atoms with Gasteiger partial charge in [0, 0.05) is 49.6 Å². The van der Waals surface area contributed by atoms with E-state index in [1.807, 2.05) is 0 Å². The summed E-state index contributed by atoms with van der Waals surface area (Å²) in [5, 5.41) is 6.87. The van der Waals surface area contributed by atoms with Crippen LogP contribution in [0.1, 0.15) is 17.7 Å². The molecule has 0 spiro atoms. The smallest absolute Gasteiger partial charge is 0.160 e. The van der Waals surface area contributed by atoms with Crippen LogP contribution in [0.25, 0.3) is 106 Å². The number of hydrogen-bond donors (Lipinski definition) is 0. The fraction of sp³-hybridized carbons (Fsp3) is 0.0400. The summed E-state index contributed by atoms with van der Waals surface area (Å²) >= 11 is 0. The number of rotatable bonds is 4. The molecule has 0 unspecified atom stereocenters. The van der Waals surface area contributed by atoms with Gasteiger partial charge in [-0.25, -0.2) is 9.97 Å². The molecule has 0 radical (unpaired) electrons. The molecule has 0 atom stereocenters. The van der Waals surface area contributed by atoms with E-state index in [2.05, 4.69) is 179 Å². The highest BCUT2D eigenvalue weighted by atomic mass is 16.3. The minimum atomic E-state index is 0.737. The van der Waals surface area contributed by atoms with Crippen LogP contribution in [-0.4, -0.2) is 19.1 Å². The predicted octanol–water partition coefficient (Wildman–Crippen LogP) is 12.9. The van der Waals surface area contributed by atoms with E-state index in [9.17, 15) is 0 Å². The van der Waals surface area contributed by atoms with E-state index in [4.69, 9.17) is 14.4 Å². The molecule has 0 bridgehead atoms. The average Bonchev–Trinajstić information content (AvgIpc) is 3.92. The summed E-state index contributed by atoms with van der Waals surface area (Å²) in [6.45, 7) is 0. The Morgan fingerprint density at radius 3 is 1.89 bits per heavy atom. The molecule has 11 aromatic rings. The molecule has 5 nitrogen and oxygen atoms in total. The second kappa shape index (κ2) is 11.6. The molecule has 1 aliphatic carbocycles. The summed E-state index contributed by atoms with van der Waals surface area (Å²) in [6.07, 6.45) is 6.29. The summed E-state index contributed by atoms with van der Waals surface area (Å²) in [7, 11) is 0. The third-order valence-electron chi connectivity index (χ3n) is 11.3. The van der Waals surface area contributed by atoms with Crippen LogP contribution in [0, 0.1) is 0 Å². The van der Waals surface area contributed by atoms with Crippen LogP contribution in [0.5, 0.6) is 0 Å². The highest BCUT2D eigenvalue weighted by molar-refractivity contribution is 6.39. The minimum absolute atomic E-state index is 0.737. The highest BCUT2D eigenvalue weighted by Crippen LogP contribution is 2.49. The van der Waals surface area contributed by atoms with Gasteiger partial charge in [0.2, 0.25) is 0 Å². The first kappa shape index (κ1) is 30.2. The van der Waals surface area contributed by atoms with Crippen molar-refractivity contribution in [2.24, 2.45) is 0 Å². The molecule has 5 heteroatoms. The Balaban J connectivity index is 1.23. The Bertz CT molecular complexity index is 3370. The fourth-order valence-corrected chi connectivity index (χ4v) is 9.02. The van der Waals surface area contributed by atoms with Crippen molar-refractivity contribution in [1.82, 2.24) is 19.1 Å². The van der Waals surface area contributed by atoms with E-state index in [-0.39, 0.29) is 0 Å². The number of fused-ring (bicyclic) bond motifs is 13. The largest absolute Gasteiger partial charge is 0.455 e. The molecule has 0 N–H and O–H groups in total. The summed E-state index contributed by atoms with van der Waals surface area (Å²) in [5.74, 6) is 0.737. The van der Waals surface area contributed by atoms with E-state index >= 15 is 0 Å². The van der Waals surface area contributed by atoms with Gasteiger partial charge < -0.3 is 13.6 Å². The molecule has 12 rings (SSSR count). The number of allylic oxidation sites excluding steroid dienone is 1. The molecule has 4 heterocycles. The number of hydrogen-bond acceptors (Lipinski definition) is 3. The molecule has 4 aromatic heterocycles. The van der Waals surface area contributed by atoms with Gasteiger partial charge in [0.25, 0.3) is 0 Å². The molecule has 0 saturated carbocycles. The van der Waals surface area contributed by atoms with Gasteiger partial charge in [-0.05, 0) is 55.3 Å². The first-order chi connectivity index (χ1) is 27.3. The number of para-hydroxylation sites is 4. The Morgan fingerprint density at radius 1 is 0.509 bits per heavy atom. The zero-order chi connectivity index (χ0) is 36.0. The minimum Gasteiger partial charge on any atom is -0.455 e. The van der Waals surface area contributed by atoms with Gasteiger partial charge in [-0.3, -0.25) is 0 Å². The van der Waals surface area contributed by atoms with Gasteiger partial charge in [-0.15, -0.1) is 0 Å². The molecule has 0 saturated heterocycles. The second-order valence-electron chi connectivity index (χ2n) is 14.4. The van der Waals surface area contributed by atoms with Gasteiger partial charge in [-0.1, -0.05) is 127 Å². The molecular weight excluding hydrogens is 673 g/mol. The monoisotopic (exact) mass is 704 g/mol. The highest BCUT2D eigenvalue weighted by Gasteiger charge is 2.28. The van der Waals surface area contributed by atoms with Crippen LogP contribution in [0.15, 0.2) is 168 Å². The summed E-state index contributed by atoms with van der Waals surface area (Å²) in [5.41, 5.74) is 13.7. The number of aryl methyl sites for hydroxylation is 1. The molecular formula is C50H32N4O. The normalized spacial score (nSPS) is 12.9. The zero-order valence-electron chi connectivity index (χ0n) is 29.8. The van der Waals surface area contributed by atoms with Crippen molar-refractivity contribution in [3.05, 3.63) is 175 Å². The van der Waals surface area contributed by atoms with Crippen LogP contribution in [0.3, 0.4) is 0 Å². The maximum absolute atomic E-state index is 6.97. The van der Waals surface area contributed by atoms with Gasteiger partial charge in [-0.2, -0.15) is 0 Å². The molecule has 0 aliphatic heterocycles. The Morgan fingerprint density at radius 2 is 1.11 bits per heavy atom. The van der Waals surface area contributed by atoms with E-state index in [1.54, 1.807) is 0 Å². The van der Waals surface area contributed by atoms with Crippen molar-refractivity contribution in [1.29, 1.82) is 0 Å². The summed E-state index contributed by atoms with van der Waals surface area (Å²) in [6, 6.07) is 55.9. The van der Waals surface area contributed by atoms with Crippen molar-refractivity contribution >= 4 is 71.6 Å². The number of furan rings is 1. The number of aromatic nitrogens is 4. The van der Waals surface area contributed by atoms with Crippen molar-refractivity contribution < 1.29 is 4.42 Å². The second-order valence-corrected chi connectivity index (χ2v) is 14.4. The molecule has 0 amide bonds. The van der Waals surface area contributed by atoms with Crippen molar-refractivity contribution in [3.8, 4) is 34.0 Å². The number of benzene rings is 7. The first-order valence-corrected chi connectivity index (χ1v) is 18.9. The molecule has 0 fully saturated rings. The average molecular weight is 705 g/mol. The quantitative estimate of drug-likeness (QED) is 0.183. The van der Waals surface area contributed by atoms with Crippen molar-refractivity contribution in [3.63, 3.8) is 0 Å². The first-order valence-electron chi connectivity index (χ1n) is 18.9. The Kier molecular flexibility index (Phi) is 6.39. The van der Waals surface area contributed by atoms with E-state index < -0.39 is 0 Å². The summed E-state index contributed by atoms with van der Waals surface area (Å²) < 4.78 is 11.8. The lowest BCUT2D eigenvalue weighted by Crippen LogP contribution is -2.05. The molecule has 55 heavy (non-hydrogen) atoms. The maximum atomic E-state index is 6.97. The van der Waals surface area contributed by atoms with Crippen molar-refractivity contribution in [2.75, 3.05) is 0 Å². The Labute approximate surface area is 316 Å². The van der Waals surface area contributed by atoms with Gasteiger partial charge in [0.1, 0.15) is 11.2 Å².